The van der Waals surface area contributed by atoms with Crippen LogP contribution in [0, 0.1) is 0 Å². The summed E-state index contributed by atoms with van der Waals surface area (Å²) in [4.78, 5) is 12.1. The molecule has 110 valence electrons. The van der Waals surface area contributed by atoms with E-state index in [1.54, 1.807) is 12.4 Å². The minimum atomic E-state index is -0.263. The third-order valence-corrected chi connectivity index (χ3v) is 3.54. The second-order valence-electron chi connectivity index (χ2n) is 5.03. The quantitative estimate of drug-likeness (QED) is 0.807. The highest BCUT2D eigenvalue weighted by molar-refractivity contribution is 5.89. The van der Waals surface area contributed by atoms with Gasteiger partial charge in [0.05, 0.1) is 24.0 Å². The number of urea groups is 1. The van der Waals surface area contributed by atoms with Gasteiger partial charge in [0.2, 0.25) is 0 Å². The zero-order valence-electron chi connectivity index (χ0n) is 11.6. The monoisotopic (exact) mass is 286 g/mol. The molecule has 1 fully saturated rings. The smallest absolute Gasteiger partial charge is 0.319 e. The molecule has 0 aliphatic carbocycles. The van der Waals surface area contributed by atoms with Crippen LogP contribution in [0.25, 0.3) is 0 Å². The van der Waals surface area contributed by atoms with Gasteiger partial charge in [-0.3, -0.25) is 5.10 Å². The lowest BCUT2D eigenvalue weighted by Gasteiger charge is -2.24. The van der Waals surface area contributed by atoms with Crippen molar-refractivity contribution in [2.45, 2.75) is 25.0 Å². The number of nitrogens with one attached hydrogen (secondary N) is 3. The highest BCUT2D eigenvalue weighted by Crippen LogP contribution is 2.26. The molecule has 0 unspecified atom stereocenters. The molecule has 3 rings (SSSR count). The number of hydrogen-bond acceptors (Lipinski definition) is 3. The number of carbonyl (C=O) groups is 1. The van der Waals surface area contributed by atoms with Crippen molar-refractivity contribution in [3.8, 4) is 0 Å². The van der Waals surface area contributed by atoms with Gasteiger partial charge >= 0.3 is 6.03 Å². The van der Waals surface area contributed by atoms with Crippen LogP contribution in [0.4, 0.5) is 10.5 Å². The average molecular weight is 286 g/mol. The molecule has 0 saturated carbocycles. The van der Waals surface area contributed by atoms with Gasteiger partial charge in [-0.1, -0.05) is 30.3 Å². The van der Waals surface area contributed by atoms with E-state index in [2.05, 4.69) is 20.8 Å². The Kier molecular flexibility index (Phi) is 4.16. The van der Waals surface area contributed by atoms with Crippen molar-refractivity contribution >= 4 is 11.7 Å². The van der Waals surface area contributed by atoms with E-state index in [1.165, 1.54) is 0 Å². The summed E-state index contributed by atoms with van der Waals surface area (Å²) in [6.45, 7) is 0.749. The van der Waals surface area contributed by atoms with E-state index in [0.29, 0.717) is 5.69 Å². The Morgan fingerprint density at radius 1 is 1.38 bits per heavy atom. The van der Waals surface area contributed by atoms with Crippen molar-refractivity contribution in [1.82, 2.24) is 15.5 Å². The average Bonchev–Trinajstić information content (AvgIpc) is 3.19. The molecule has 1 aromatic carbocycles. The molecule has 1 aliphatic heterocycles. The molecule has 3 N–H and O–H groups in total. The van der Waals surface area contributed by atoms with E-state index in [-0.39, 0.29) is 18.2 Å². The second-order valence-corrected chi connectivity index (χ2v) is 5.03. The molecule has 0 bridgehead atoms. The molecule has 2 aromatic rings. The summed E-state index contributed by atoms with van der Waals surface area (Å²) in [7, 11) is 0. The maximum Gasteiger partial charge on any atom is 0.319 e. The van der Waals surface area contributed by atoms with Crippen LogP contribution in [0.15, 0.2) is 42.7 Å². The Labute approximate surface area is 122 Å². The zero-order valence-corrected chi connectivity index (χ0v) is 11.6. The summed E-state index contributed by atoms with van der Waals surface area (Å²) in [6.07, 6.45) is 5.18. The number of benzene rings is 1. The van der Waals surface area contributed by atoms with Crippen LogP contribution in [-0.2, 0) is 4.74 Å². The van der Waals surface area contributed by atoms with E-state index in [9.17, 15) is 4.79 Å². The number of ether oxygens (including phenoxy) is 1. The molecular formula is C15H18N4O2. The molecule has 2 amide bonds. The van der Waals surface area contributed by atoms with Crippen molar-refractivity contribution < 1.29 is 9.53 Å². The summed E-state index contributed by atoms with van der Waals surface area (Å²) in [5, 5.41) is 12.2. The minimum Gasteiger partial charge on any atom is -0.376 e. The highest BCUT2D eigenvalue weighted by Gasteiger charge is 2.28. The Balaban J connectivity index is 1.71. The highest BCUT2D eigenvalue weighted by atomic mass is 16.5. The van der Waals surface area contributed by atoms with Crippen LogP contribution in [0.5, 0.6) is 0 Å². The Morgan fingerprint density at radius 2 is 2.24 bits per heavy atom. The van der Waals surface area contributed by atoms with Gasteiger partial charge in [-0.05, 0) is 18.4 Å². The van der Waals surface area contributed by atoms with Crippen LogP contribution in [0.3, 0.4) is 0 Å². The first-order valence-corrected chi connectivity index (χ1v) is 7.06. The third kappa shape index (κ3) is 3.41. The maximum atomic E-state index is 12.1. The molecule has 0 radical (unpaired) electrons. The van der Waals surface area contributed by atoms with Crippen molar-refractivity contribution in [1.29, 1.82) is 0 Å². The lowest BCUT2D eigenvalue weighted by molar-refractivity contribution is 0.0815. The van der Waals surface area contributed by atoms with Crippen molar-refractivity contribution in [3.63, 3.8) is 0 Å². The van der Waals surface area contributed by atoms with Crippen LogP contribution in [0.2, 0.25) is 0 Å². The van der Waals surface area contributed by atoms with Gasteiger partial charge in [-0.25, -0.2) is 4.79 Å². The van der Waals surface area contributed by atoms with Crippen molar-refractivity contribution in [2.24, 2.45) is 0 Å². The lowest BCUT2D eigenvalue weighted by atomic mass is 9.99. The van der Waals surface area contributed by atoms with Crippen LogP contribution in [0.1, 0.15) is 24.4 Å². The molecule has 1 aromatic heterocycles. The molecule has 2 atom stereocenters. The number of H-pyrrole nitrogens is 1. The molecular weight excluding hydrogens is 268 g/mol. The molecule has 21 heavy (non-hydrogen) atoms. The largest absolute Gasteiger partial charge is 0.376 e. The standard InChI is InChI=1S/C15H18N4O2/c20-15(18-12-9-16-17-10-12)19-14(13-7-4-8-21-13)11-5-2-1-3-6-11/h1-3,5-6,9-10,13-14H,4,7-8H2,(H,16,17)(H2,18,19,20)/t13-,14-/m0/s1. The van der Waals surface area contributed by atoms with Crippen LogP contribution in [-0.4, -0.2) is 28.9 Å². The molecule has 1 saturated heterocycles. The Morgan fingerprint density at radius 3 is 2.90 bits per heavy atom. The van der Waals surface area contributed by atoms with Crippen LogP contribution < -0.4 is 10.6 Å². The number of hydrogen-bond donors (Lipinski definition) is 3. The van der Waals surface area contributed by atoms with Gasteiger partial charge in [-0.15, -0.1) is 0 Å². The minimum absolute atomic E-state index is 0.0162. The first-order valence-electron chi connectivity index (χ1n) is 7.06. The molecule has 1 aliphatic rings. The zero-order chi connectivity index (χ0) is 14.5. The lowest BCUT2D eigenvalue weighted by Crippen LogP contribution is -2.38. The fourth-order valence-electron chi connectivity index (χ4n) is 2.54. The molecule has 6 nitrogen and oxygen atoms in total. The van der Waals surface area contributed by atoms with Crippen molar-refractivity contribution in [2.75, 3.05) is 11.9 Å². The predicted octanol–water partition coefficient (Wildman–Crippen LogP) is 2.45. The summed E-state index contributed by atoms with van der Waals surface area (Å²) < 4.78 is 5.74. The maximum absolute atomic E-state index is 12.1. The van der Waals surface area contributed by atoms with Gasteiger partial charge < -0.3 is 15.4 Å². The second kappa shape index (κ2) is 6.41. The van der Waals surface area contributed by atoms with Crippen molar-refractivity contribution in [3.05, 3.63) is 48.3 Å². The van der Waals surface area contributed by atoms with Gasteiger partial charge in [-0.2, -0.15) is 5.10 Å². The number of carbonyl (C=O) groups excluding carboxylic acids is 1. The molecule has 2 heterocycles. The van der Waals surface area contributed by atoms with E-state index in [0.717, 1.165) is 25.0 Å². The normalized spacial score (nSPS) is 19.1. The first-order chi connectivity index (χ1) is 10.3. The van der Waals surface area contributed by atoms with E-state index < -0.39 is 0 Å². The molecule has 6 heteroatoms. The van der Waals surface area contributed by atoms with E-state index in [4.69, 9.17) is 4.74 Å². The fraction of sp³-hybridized carbons (Fsp3) is 0.333. The third-order valence-electron chi connectivity index (χ3n) is 3.54. The van der Waals surface area contributed by atoms with E-state index >= 15 is 0 Å². The predicted molar refractivity (Wildman–Crippen MR) is 78.9 cm³/mol. The number of aromatic amines is 1. The van der Waals surface area contributed by atoms with Gasteiger partial charge in [0.25, 0.3) is 0 Å². The Bertz CT molecular complexity index is 565. The van der Waals surface area contributed by atoms with E-state index in [1.807, 2.05) is 30.3 Å². The SMILES string of the molecule is O=C(Nc1cn[nH]c1)N[C@@H](c1ccccc1)[C@@H]1CCCO1. The summed E-state index contributed by atoms with van der Waals surface area (Å²) in [5.74, 6) is 0. The topological polar surface area (TPSA) is 79.0 Å². The molecule has 0 spiro atoms. The van der Waals surface area contributed by atoms with Gasteiger partial charge in [0.1, 0.15) is 0 Å². The number of rotatable bonds is 4. The number of aromatic nitrogens is 2. The van der Waals surface area contributed by atoms with Gasteiger partial charge in [0, 0.05) is 12.8 Å². The summed E-state index contributed by atoms with van der Waals surface area (Å²) in [5.41, 5.74) is 1.68. The summed E-state index contributed by atoms with van der Waals surface area (Å²) >= 11 is 0. The first kappa shape index (κ1) is 13.6. The number of amides is 2. The number of anilines is 1. The fourth-order valence-corrected chi connectivity index (χ4v) is 2.54. The Hall–Kier alpha value is -2.34. The van der Waals surface area contributed by atoms with Gasteiger partial charge in [0.15, 0.2) is 0 Å². The van der Waals surface area contributed by atoms with Crippen LogP contribution >= 0.6 is 0 Å². The summed E-state index contributed by atoms with van der Waals surface area (Å²) in [6, 6.07) is 9.48. The number of nitrogens with zero attached hydrogens (tertiary/aromatic N) is 1.